The van der Waals surface area contributed by atoms with Crippen molar-refractivity contribution in [3.63, 3.8) is 0 Å². The second-order valence-electron chi connectivity index (χ2n) is 4.95. The SMILES string of the molecule is CCN(CCCN(C)C)c1cc(NC)nc(COC)n1. The summed E-state index contributed by atoms with van der Waals surface area (Å²) in [5.41, 5.74) is 0. The van der Waals surface area contributed by atoms with E-state index in [4.69, 9.17) is 4.74 Å². The highest BCUT2D eigenvalue weighted by molar-refractivity contribution is 5.49. The summed E-state index contributed by atoms with van der Waals surface area (Å²) in [7, 11) is 7.71. The molecule has 0 saturated heterocycles. The van der Waals surface area contributed by atoms with Gasteiger partial charge in [0.15, 0.2) is 5.82 Å². The molecule has 20 heavy (non-hydrogen) atoms. The van der Waals surface area contributed by atoms with Gasteiger partial charge in [-0.25, -0.2) is 9.97 Å². The number of anilines is 2. The molecule has 114 valence electrons. The Morgan fingerprint density at radius 1 is 1.25 bits per heavy atom. The zero-order valence-corrected chi connectivity index (χ0v) is 13.3. The molecule has 0 aliphatic carbocycles. The fourth-order valence-corrected chi connectivity index (χ4v) is 1.98. The maximum absolute atomic E-state index is 5.13. The van der Waals surface area contributed by atoms with Crippen LogP contribution < -0.4 is 10.2 Å². The van der Waals surface area contributed by atoms with Gasteiger partial charge >= 0.3 is 0 Å². The van der Waals surface area contributed by atoms with Gasteiger partial charge in [0.25, 0.3) is 0 Å². The lowest BCUT2D eigenvalue weighted by atomic mass is 10.3. The van der Waals surface area contributed by atoms with Gasteiger partial charge in [0.1, 0.15) is 18.2 Å². The fourth-order valence-electron chi connectivity index (χ4n) is 1.98. The Kier molecular flexibility index (Phi) is 7.25. The zero-order chi connectivity index (χ0) is 15.0. The van der Waals surface area contributed by atoms with Gasteiger partial charge in [-0.1, -0.05) is 0 Å². The maximum Gasteiger partial charge on any atom is 0.158 e. The van der Waals surface area contributed by atoms with E-state index in [0.29, 0.717) is 12.4 Å². The number of ether oxygens (including phenoxy) is 1. The smallest absolute Gasteiger partial charge is 0.158 e. The molecule has 0 fully saturated rings. The highest BCUT2D eigenvalue weighted by atomic mass is 16.5. The first-order valence-corrected chi connectivity index (χ1v) is 7.05. The van der Waals surface area contributed by atoms with Gasteiger partial charge in [-0.3, -0.25) is 0 Å². The molecular weight excluding hydrogens is 254 g/mol. The minimum Gasteiger partial charge on any atom is -0.377 e. The Morgan fingerprint density at radius 3 is 2.55 bits per heavy atom. The number of nitrogens with zero attached hydrogens (tertiary/aromatic N) is 4. The van der Waals surface area contributed by atoms with Gasteiger partial charge in [-0.2, -0.15) is 0 Å². The van der Waals surface area contributed by atoms with Crippen molar-refractivity contribution >= 4 is 11.6 Å². The van der Waals surface area contributed by atoms with Crippen LogP contribution in [0.1, 0.15) is 19.2 Å². The summed E-state index contributed by atoms with van der Waals surface area (Å²) >= 11 is 0. The third-order valence-electron chi connectivity index (χ3n) is 3.03. The lowest BCUT2D eigenvalue weighted by Crippen LogP contribution is -2.28. The second kappa shape index (κ2) is 8.71. The summed E-state index contributed by atoms with van der Waals surface area (Å²) in [5.74, 6) is 2.49. The van der Waals surface area contributed by atoms with E-state index >= 15 is 0 Å². The fraction of sp³-hybridized carbons (Fsp3) is 0.714. The molecule has 0 aliphatic rings. The van der Waals surface area contributed by atoms with Crippen molar-refractivity contribution in [2.45, 2.75) is 20.0 Å². The first-order valence-electron chi connectivity index (χ1n) is 7.05. The molecule has 6 heteroatoms. The van der Waals surface area contributed by atoms with E-state index in [1.54, 1.807) is 7.11 Å². The van der Waals surface area contributed by atoms with Crippen LogP contribution in [0.3, 0.4) is 0 Å². The lowest BCUT2D eigenvalue weighted by molar-refractivity contribution is 0.178. The number of methoxy groups -OCH3 is 1. The number of rotatable bonds is 9. The summed E-state index contributed by atoms with van der Waals surface area (Å²) in [6.07, 6.45) is 1.11. The highest BCUT2D eigenvalue weighted by Gasteiger charge is 2.10. The molecule has 1 aromatic heterocycles. The highest BCUT2D eigenvalue weighted by Crippen LogP contribution is 2.16. The van der Waals surface area contributed by atoms with E-state index in [0.717, 1.165) is 37.7 Å². The Hall–Kier alpha value is -1.40. The number of aromatic nitrogens is 2. The van der Waals surface area contributed by atoms with Gasteiger partial charge in [0.05, 0.1) is 0 Å². The molecule has 1 aromatic rings. The molecule has 0 saturated carbocycles. The summed E-state index contributed by atoms with van der Waals surface area (Å²) in [6.45, 7) is 5.57. The summed E-state index contributed by atoms with van der Waals surface area (Å²) in [4.78, 5) is 13.4. The zero-order valence-electron chi connectivity index (χ0n) is 13.3. The number of hydrogen-bond donors (Lipinski definition) is 1. The standard InChI is InChI=1S/C14H27N5O/c1-6-19(9-7-8-18(3)4)14-10-12(15-2)16-13(17-14)11-20-5/h10H,6-9,11H2,1-5H3,(H,15,16,17). The molecule has 0 aromatic carbocycles. The van der Waals surface area contributed by atoms with Gasteiger partial charge < -0.3 is 19.9 Å². The summed E-state index contributed by atoms with van der Waals surface area (Å²) in [5, 5.41) is 3.08. The van der Waals surface area contributed by atoms with E-state index < -0.39 is 0 Å². The van der Waals surface area contributed by atoms with Crippen LogP contribution in [0.4, 0.5) is 11.6 Å². The first kappa shape index (κ1) is 16.7. The predicted octanol–water partition coefficient (Wildman–Crippen LogP) is 1.44. The minimum absolute atomic E-state index is 0.428. The van der Waals surface area contributed by atoms with Crippen molar-refractivity contribution in [3.05, 3.63) is 11.9 Å². The normalized spacial score (nSPS) is 10.9. The van der Waals surface area contributed by atoms with Crippen LogP contribution in [0.2, 0.25) is 0 Å². The topological polar surface area (TPSA) is 53.5 Å². The third kappa shape index (κ3) is 5.30. The van der Waals surface area contributed by atoms with E-state index in [1.807, 2.05) is 13.1 Å². The molecule has 6 nitrogen and oxygen atoms in total. The molecule has 0 aliphatic heterocycles. The lowest BCUT2D eigenvalue weighted by Gasteiger charge is -2.23. The van der Waals surface area contributed by atoms with Crippen molar-refractivity contribution in [1.82, 2.24) is 14.9 Å². The van der Waals surface area contributed by atoms with Crippen molar-refractivity contribution < 1.29 is 4.74 Å². The van der Waals surface area contributed by atoms with Crippen molar-refractivity contribution in [2.75, 3.05) is 58.1 Å². The largest absolute Gasteiger partial charge is 0.377 e. The van der Waals surface area contributed by atoms with Crippen LogP contribution in [0.5, 0.6) is 0 Å². The maximum atomic E-state index is 5.13. The Labute approximate surface area is 122 Å². The molecule has 0 radical (unpaired) electrons. The Balaban J connectivity index is 2.81. The Bertz CT molecular complexity index is 397. The molecule has 0 bridgehead atoms. The molecule has 0 amide bonds. The van der Waals surface area contributed by atoms with Crippen LogP contribution >= 0.6 is 0 Å². The van der Waals surface area contributed by atoms with Crippen molar-refractivity contribution in [1.29, 1.82) is 0 Å². The van der Waals surface area contributed by atoms with Crippen LogP contribution in [-0.2, 0) is 11.3 Å². The average molecular weight is 281 g/mol. The molecule has 1 heterocycles. The average Bonchev–Trinajstić information content (AvgIpc) is 2.43. The van der Waals surface area contributed by atoms with E-state index in [2.05, 4.69) is 46.1 Å². The molecule has 0 atom stereocenters. The van der Waals surface area contributed by atoms with Crippen LogP contribution in [0.25, 0.3) is 0 Å². The summed E-state index contributed by atoms with van der Waals surface area (Å²) in [6, 6.07) is 1.98. The van der Waals surface area contributed by atoms with E-state index in [9.17, 15) is 0 Å². The quantitative estimate of drug-likeness (QED) is 0.739. The predicted molar refractivity (Wildman–Crippen MR) is 83.3 cm³/mol. The Morgan fingerprint density at radius 2 is 2.00 bits per heavy atom. The first-order chi connectivity index (χ1) is 9.60. The van der Waals surface area contributed by atoms with Gasteiger partial charge in [-0.05, 0) is 34.0 Å². The van der Waals surface area contributed by atoms with Gasteiger partial charge in [-0.15, -0.1) is 0 Å². The second-order valence-corrected chi connectivity index (χ2v) is 4.95. The molecular formula is C14H27N5O. The van der Waals surface area contributed by atoms with Gasteiger partial charge in [0.2, 0.25) is 0 Å². The van der Waals surface area contributed by atoms with Crippen molar-refractivity contribution in [2.24, 2.45) is 0 Å². The molecule has 0 spiro atoms. The minimum atomic E-state index is 0.428. The van der Waals surface area contributed by atoms with Gasteiger partial charge in [0, 0.05) is 33.3 Å². The van der Waals surface area contributed by atoms with Crippen LogP contribution in [0.15, 0.2) is 6.07 Å². The third-order valence-corrected chi connectivity index (χ3v) is 3.03. The number of nitrogens with one attached hydrogen (secondary N) is 1. The van der Waals surface area contributed by atoms with Crippen LogP contribution in [-0.4, -0.2) is 62.8 Å². The monoisotopic (exact) mass is 281 g/mol. The van der Waals surface area contributed by atoms with Crippen molar-refractivity contribution in [3.8, 4) is 0 Å². The molecule has 0 unspecified atom stereocenters. The van der Waals surface area contributed by atoms with Crippen LogP contribution in [0, 0.1) is 0 Å². The van der Waals surface area contributed by atoms with E-state index in [-0.39, 0.29) is 0 Å². The summed E-state index contributed by atoms with van der Waals surface area (Å²) < 4.78 is 5.13. The number of hydrogen-bond acceptors (Lipinski definition) is 6. The molecule has 1 N–H and O–H groups in total. The molecule has 1 rings (SSSR count). The van der Waals surface area contributed by atoms with E-state index in [1.165, 1.54) is 0 Å².